The van der Waals surface area contributed by atoms with E-state index < -0.39 is 0 Å². The highest BCUT2D eigenvalue weighted by atomic mass is 35.5. The number of anilines is 1. The fraction of sp³-hybridized carbons (Fsp3) is 0.321. The molecule has 1 unspecified atom stereocenters. The molecule has 0 bridgehead atoms. The van der Waals surface area contributed by atoms with Crippen LogP contribution >= 0.6 is 23.2 Å². The molecule has 0 saturated carbocycles. The van der Waals surface area contributed by atoms with Crippen molar-refractivity contribution in [3.05, 3.63) is 99.5 Å². The first-order chi connectivity index (χ1) is 16.0. The third-order valence-electron chi connectivity index (χ3n) is 5.93. The second-order valence-corrected chi connectivity index (χ2v) is 9.16. The van der Waals surface area contributed by atoms with E-state index in [2.05, 4.69) is 54.0 Å². The highest BCUT2D eigenvalue weighted by molar-refractivity contribution is 6.36. The standard InChI is InChI=1S/C21H23Cl2N3.C7H8/c1-2-3-20(17-6-4-16(15-24)5-7-17)25-10-12-26(13-11-25)21-9-8-18(22)14-19(21)23;1-7-5-3-2-4-6-7/h4-9,14,20H,2-3,10-13H2,1H3;2-6H,1H3. The lowest BCUT2D eigenvalue weighted by molar-refractivity contribution is 0.176. The first-order valence-electron chi connectivity index (χ1n) is 11.5. The van der Waals surface area contributed by atoms with Crippen LogP contribution in [0.3, 0.4) is 0 Å². The van der Waals surface area contributed by atoms with Crippen molar-refractivity contribution >= 4 is 28.9 Å². The second kappa shape index (κ2) is 12.7. The van der Waals surface area contributed by atoms with Gasteiger partial charge in [0, 0.05) is 37.2 Å². The summed E-state index contributed by atoms with van der Waals surface area (Å²) in [6.45, 7) is 8.17. The number of nitrogens with zero attached hydrogens (tertiary/aromatic N) is 3. The van der Waals surface area contributed by atoms with E-state index in [9.17, 15) is 0 Å². The van der Waals surface area contributed by atoms with Crippen LogP contribution in [0.15, 0.2) is 72.8 Å². The maximum absolute atomic E-state index is 9.01. The zero-order valence-electron chi connectivity index (χ0n) is 19.3. The third kappa shape index (κ3) is 7.24. The molecule has 3 aromatic carbocycles. The molecule has 5 heteroatoms. The van der Waals surface area contributed by atoms with Gasteiger partial charge in [0.25, 0.3) is 0 Å². The first kappa shape index (κ1) is 25.1. The van der Waals surface area contributed by atoms with Gasteiger partial charge in [-0.3, -0.25) is 4.90 Å². The topological polar surface area (TPSA) is 30.3 Å². The van der Waals surface area contributed by atoms with Crippen molar-refractivity contribution in [3.63, 3.8) is 0 Å². The highest BCUT2D eigenvalue weighted by Crippen LogP contribution is 2.32. The van der Waals surface area contributed by atoms with Crippen molar-refractivity contribution in [2.45, 2.75) is 32.7 Å². The molecule has 4 rings (SSSR count). The van der Waals surface area contributed by atoms with E-state index in [-0.39, 0.29) is 0 Å². The summed E-state index contributed by atoms with van der Waals surface area (Å²) in [5.74, 6) is 0. The second-order valence-electron chi connectivity index (χ2n) is 8.31. The van der Waals surface area contributed by atoms with E-state index >= 15 is 0 Å². The van der Waals surface area contributed by atoms with E-state index in [0.717, 1.165) is 44.7 Å². The zero-order chi connectivity index (χ0) is 23.6. The number of hydrogen-bond donors (Lipinski definition) is 0. The van der Waals surface area contributed by atoms with Crippen molar-refractivity contribution in [1.29, 1.82) is 5.26 Å². The van der Waals surface area contributed by atoms with Gasteiger partial charge in [-0.1, -0.05) is 84.6 Å². The Morgan fingerprint density at radius 3 is 2.09 bits per heavy atom. The molecule has 0 aliphatic carbocycles. The summed E-state index contributed by atoms with van der Waals surface area (Å²) in [4.78, 5) is 4.88. The lowest BCUT2D eigenvalue weighted by Crippen LogP contribution is -2.47. The molecule has 0 N–H and O–H groups in total. The van der Waals surface area contributed by atoms with Crippen LogP contribution in [0.5, 0.6) is 0 Å². The fourth-order valence-electron chi connectivity index (χ4n) is 4.16. The highest BCUT2D eigenvalue weighted by Gasteiger charge is 2.25. The van der Waals surface area contributed by atoms with Gasteiger partial charge in [0.05, 0.1) is 22.3 Å². The molecule has 1 aliphatic heterocycles. The minimum absolute atomic E-state index is 0.399. The van der Waals surface area contributed by atoms with Crippen LogP contribution in [0, 0.1) is 18.3 Å². The fourth-order valence-corrected chi connectivity index (χ4v) is 4.69. The summed E-state index contributed by atoms with van der Waals surface area (Å²) in [7, 11) is 0. The van der Waals surface area contributed by atoms with Gasteiger partial charge >= 0.3 is 0 Å². The molecule has 0 radical (unpaired) electrons. The smallest absolute Gasteiger partial charge is 0.0991 e. The van der Waals surface area contributed by atoms with Crippen molar-refractivity contribution < 1.29 is 0 Å². The van der Waals surface area contributed by atoms with Crippen LogP contribution in [0.25, 0.3) is 0 Å². The molecule has 1 saturated heterocycles. The minimum Gasteiger partial charge on any atom is -0.368 e. The number of benzene rings is 3. The molecule has 1 heterocycles. The lowest BCUT2D eigenvalue weighted by Gasteiger charge is -2.40. The van der Waals surface area contributed by atoms with Gasteiger partial charge in [-0.2, -0.15) is 5.26 Å². The van der Waals surface area contributed by atoms with Gasteiger partial charge in [0.15, 0.2) is 0 Å². The zero-order valence-corrected chi connectivity index (χ0v) is 20.9. The maximum atomic E-state index is 9.01. The number of hydrogen-bond acceptors (Lipinski definition) is 3. The summed E-state index contributed by atoms with van der Waals surface area (Å²) in [5, 5.41) is 10.4. The van der Waals surface area contributed by atoms with E-state index in [0.29, 0.717) is 21.7 Å². The number of rotatable bonds is 5. The van der Waals surface area contributed by atoms with Gasteiger partial charge < -0.3 is 4.90 Å². The summed E-state index contributed by atoms with van der Waals surface area (Å²) in [6.07, 6.45) is 2.25. The predicted molar refractivity (Wildman–Crippen MR) is 140 cm³/mol. The van der Waals surface area contributed by atoms with Crippen LogP contribution in [0.2, 0.25) is 10.0 Å². The first-order valence-corrected chi connectivity index (χ1v) is 12.2. The van der Waals surface area contributed by atoms with Crippen molar-refractivity contribution in [1.82, 2.24) is 4.90 Å². The van der Waals surface area contributed by atoms with Gasteiger partial charge in [0.2, 0.25) is 0 Å². The summed E-state index contributed by atoms with van der Waals surface area (Å²) in [6, 6.07) is 26.6. The molecule has 1 atom stereocenters. The quantitative estimate of drug-likeness (QED) is 0.378. The lowest BCUT2D eigenvalue weighted by atomic mass is 9.98. The summed E-state index contributed by atoms with van der Waals surface area (Å²) >= 11 is 12.4. The van der Waals surface area contributed by atoms with E-state index in [1.54, 1.807) is 6.07 Å². The molecule has 3 aromatic rings. The Morgan fingerprint density at radius 1 is 0.909 bits per heavy atom. The van der Waals surface area contributed by atoms with E-state index in [1.807, 2.05) is 42.5 Å². The molecule has 1 aliphatic rings. The predicted octanol–water partition coefficient (Wildman–Crippen LogP) is 7.52. The van der Waals surface area contributed by atoms with Crippen molar-refractivity contribution in [2.24, 2.45) is 0 Å². The average molecular weight is 480 g/mol. The molecule has 0 aromatic heterocycles. The van der Waals surface area contributed by atoms with Crippen LogP contribution < -0.4 is 4.90 Å². The Labute approximate surface area is 208 Å². The molecule has 3 nitrogen and oxygen atoms in total. The Bertz CT molecular complexity index is 1040. The van der Waals surface area contributed by atoms with Crippen LogP contribution in [0.4, 0.5) is 5.69 Å². The van der Waals surface area contributed by atoms with Gasteiger partial charge in [-0.25, -0.2) is 0 Å². The Hall–Kier alpha value is -2.51. The van der Waals surface area contributed by atoms with Crippen LogP contribution in [-0.4, -0.2) is 31.1 Å². The Balaban J connectivity index is 0.000000374. The number of aryl methyl sites for hydroxylation is 1. The average Bonchev–Trinajstić information content (AvgIpc) is 2.84. The van der Waals surface area contributed by atoms with Crippen molar-refractivity contribution in [2.75, 3.05) is 31.1 Å². The maximum Gasteiger partial charge on any atom is 0.0991 e. The monoisotopic (exact) mass is 479 g/mol. The number of halogens is 2. The molecule has 1 fully saturated rings. The molecule has 33 heavy (non-hydrogen) atoms. The minimum atomic E-state index is 0.399. The van der Waals surface area contributed by atoms with Gasteiger partial charge in [-0.15, -0.1) is 0 Å². The molecule has 0 spiro atoms. The van der Waals surface area contributed by atoms with E-state index in [4.69, 9.17) is 28.5 Å². The van der Waals surface area contributed by atoms with Crippen LogP contribution in [-0.2, 0) is 0 Å². The molecular formula is C28H31Cl2N3. The van der Waals surface area contributed by atoms with Crippen LogP contribution in [0.1, 0.15) is 42.5 Å². The molecule has 172 valence electrons. The van der Waals surface area contributed by atoms with E-state index in [1.165, 1.54) is 11.1 Å². The van der Waals surface area contributed by atoms with Crippen molar-refractivity contribution in [3.8, 4) is 6.07 Å². The summed E-state index contributed by atoms with van der Waals surface area (Å²) in [5.41, 5.74) is 4.39. The van der Waals surface area contributed by atoms with Gasteiger partial charge in [0.1, 0.15) is 0 Å². The molecular weight excluding hydrogens is 449 g/mol. The van der Waals surface area contributed by atoms with Gasteiger partial charge in [-0.05, 0) is 49.2 Å². The molecule has 0 amide bonds. The third-order valence-corrected chi connectivity index (χ3v) is 6.47. The SMILES string of the molecule is CCCC(c1ccc(C#N)cc1)N1CCN(c2ccc(Cl)cc2Cl)CC1.Cc1ccccc1. The normalized spacial score (nSPS) is 14.7. The Kier molecular flexibility index (Phi) is 9.63. The summed E-state index contributed by atoms with van der Waals surface area (Å²) < 4.78 is 0. The largest absolute Gasteiger partial charge is 0.368 e. The number of nitriles is 1. The number of piperazine rings is 1. The Morgan fingerprint density at radius 2 is 1.58 bits per heavy atom.